The number of hydrogen-bond acceptors (Lipinski definition) is 2. The van der Waals surface area contributed by atoms with Gasteiger partial charge in [0, 0.05) is 17.9 Å². The lowest BCUT2D eigenvalue weighted by Gasteiger charge is -2.20. The third kappa shape index (κ3) is 6.79. The summed E-state index contributed by atoms with van der Waals surface area (Å²) in [7, 11) is -3.02. The maximum Gasteiger partial charge on any atom is 0.211 e. The molecular formula is C9H20BrNO2S. The van der Waals surface area contributed by atoms with E-state index in [0.29, 0.717) is 17.9 Å². The standard InChI is InChI=1S/C9H20BrNO2S/c1-4-5-7-11(14(3,12)13)8-6-9(2)10/h9H,4-8H2,1-3H3/t9-/m0/s1. The van der Waals surface area contributed by atoms with Crippen molar-refractivity contribution in [2.75, 3.05) is 19.3 Å². The summed E-state index contributed by atoms with van der Waals surface area (Å²) in [4.78, 5) is 0.369. The second kappa shape index (κ2) is 6.80. The van der Waals surface area contributed by atoms with Crippen molar-refractivity contribution in [3.8, 4) is 0 Å². The maximum atomic E-state index is 11.4. The summed E-state index contributed by atoms with van der Waals surface area (Å²) < 4.78 is 24.3. The maximum absolute atomic E-state index is 11.4. The first-order chi connectivity index (χ1) is 6.38. The Bertz CT molecular complexity index is 239. The monoisotopic (exact) mass is 285 g/mol. The van der Waals surface area contributed by atoms with Crippen molar-refractivity contribution in [3.05, 3.63) is 0 Å². The summed E-state index contributed by atoms with van der Waals surface area (Å²) in [6.07, 6.45) is 4.10. The number of rotatable bonds is 7. The van der Waals surface area contributed by atoms with Gasteiger partial charge in [-0.3, -0.25) is 0 Å². The van der Waals surface area contributed by atoms with Crippen LogP contribution in [0.4, 0.5) is 0 Å². The van der Waals surface area contributed by atoms with Gasteiger partial charge >= 0.3 is 0 Å². The first-order valence-corrected chi connectivity index (χ1v) is 7.73. The van der Waals surface area contributed by atoms with E-state index in [0.717, 1.165) is 19.3 Å². The average molecular weight is 286 g/mol. The number of alkyl halides is 1. The predicted molar refractivity (Wildman–Crippen MR) is 64.3 cm³/mol. The lowest BCUT2D eigenvalue weighted by Crippen LogP contribution is -2.32. The zero-order valence-corrected chi connectivity index (χ0v) is 11.6. The molecule has 0 aromatic rings. The van der Waals surface area contributed by atoms with E-state index >= 15 is 0 Å². The number of sulfonamides is 1. The van der Waals surface area contributed by atoms with E-state index in [2.05, 4.69) is 22.9 Å². The topological polar surface area (TPSA) is 37.4 Å². The molecule has 0 unspecified atom stereocenters. The Hall–Kier alpha value is 0.390. The summed E-state index contributed by atoms with van der Waals surface area (Å²) in [5, 5.41) is 0. The smallest absolute Gasteiger partial charge is 0.211 e. The highest BCUT2D eigenvalue weighted by atomic mass is 79.9. The molecule has 86 valence electrons. The van der Waals surface area contributed by atoms with Crippen LogP contribution in [0.5, 0.6) is 0 Å². The Balaban J connectivity index is 4.12. The normalized spacial score (nSPS) is 14.6. The Morgan fingerprint density at radius 3 is 2.29 bits per heavy atom. The van der Waals surface area contributed by atoms with Gasteiger partial charge in [0.2, 0.25) is 10.0 Å². The number of unbranched alkanes of at least 4 members (excludes halogenated alkanes) is 1. The van der Waals surface area contributed by atoms with Crippen molar-refractivity contribution in [1.29, 1.82) is 0 Å². The fourth-order valence-corrected chi connectivity index (χ4v) is 2.20. The predicted octanol–water partition coefficient (Wildman–Crippen LogP) is 2.22. The van der Waals surface area contributed by atoms with Crippen LogP contribution in [-0.2, 0) is 10.0 Å². The molecule has 0 fully saturated rings. The van der Waals surface area contributed by atoms with Crippen molar-refractivity contribution in [1.82, 2.24) is 4.31 Å². The quantitative estimate of drug-likeness (QED) is 0.673. The number of nitrogens with zero attached hydrogens (tertiary/aromatic N) is 1. The molecule has 0 N–H and O–H groups in total. The molecule has 5 heteroatoms. The molecule has 0 aromatic carbocycles. The minimum Gasteiger partial charge on any atom is -0.213 e. The molecule has 0 aromatic heterocycles. The summed E-state index contributed by atoms with van der Waals surface area (Å²) in [6, 6.07) is 0. The van der Waals surface area contributed by atoms with Gasteiger partial charge in [0.25, 0.3) is 0 Å². The zero-order valence-electron chi connectivity index (χ0n) is 9.16. The number of halogens is 1. The molecule has 0 saturated heterocycles. The van der Waals surface area contributed by atoms with E-state index in [-0.39, 0.29) is 0 Å². The van der Waals surface area contributed by atoms with Crippen LogP contribution in [0.3, 0.4) is 0 Å². The molecule has 0 radical (unpaired) electrons. The van der Waals surface area contributed by atoms with Crippen molar-refractivity contribution < 1.29 is 8.42 Å². The van der Waals surface area contributed by atoms with E-state index in [4.69, 9.17) is 0 Å². The molecule has 0 aliphatic rings. The molecular weight excluding hydrogens is 266 g/mol. The van der Waals surface area contributed by atoms with Crippen LogP contribution < -0.4 is 0 Å². The van der Waals surface area contributed by atoms with Crippen LogP contribution in [0.15, 0.2) is 0 Å². The SMILES string of the molecule is CCCCN(CC[C@H](C)Br)S(C)(=O)=O. The Kier molecular flexibility index (Phi) is 6.99. The molecule has 0 rings (SSSR count). The van der Waals surface area contributed by atoms with Crippen LogP contribution in [0.2, 0.25) is 0 Å². The van der Waals surface area contributed by atoms with Gasteiger partial charge in [-0.05, 0) is 12.8 Å². The van der Waals surface area contributed by atoms with Gasteiger partial charge in [-0.2, -0.15) is 0 Å². The van der Waals surface area contributed by atoms with Crippen LogP contribution in [-0.4, -0.2) is 36.9 Å². The Morgan fingerprint density at radius 2 is 1.93 bits per heavy atom. The molecule has 3 nitrogen and oxygen atoms in total. The number of hydrogen-bond donors (Lipinski definition) is 0. The molecule has 0 spiro atoms. The summed E-state index contributed by atoms with van der Waals surface area (Å²) in [6.45, 7) is 5.36. The average Bonchev–Trinajstić information content (AvgIpc) is 2.01. The molecule has 14 heavy (non-hydrogen) atoms. The molecule has 1 atom stereocenters. The minimum atomic E-state index is -3.02. The molecule has 0 aliphatic heterocycles. The van der Waals surface area contributed by atoms with Crippen LogP contribution in [0.1, 0.15) is 33.1 Å². The van der Waals surface area contributed by atoms with E-state index in [1.54, 1.807) is 4.31 Å². The van der Waals surface area contributed by atoms with Crippen LogP contribution in [0, 0.1) is 0 Å². The van der Waals surface area contributed by atoms with Gasteiger partial charge in [0.15, 0.2) is 0 Å². The summed E-state index contributed by atoms with van der Waals surface area (Å²) in [5.41, 5.74) is 0. The lowest BCUT2D eigenvalue weighted by molar-refractivity contribution is 0.401. The van der Waals surface area contributed by atoms with Crippen LogP contribution >= 0.6 is 15.9 Å². The first-order valence-electron chi connectivity index (χ1n) is 4.97. The van der Waals surface area contributed by atoms with Gasteiger partial charge < -0.3 is 0 Å². The third-order valence-electron chi connectivity index (χ3n) is 2.01. The second-order valence-corrected chi connectivity index (χ2v) is 7.13. The fourth-order valence-electron chi connectivity index (χ4n) is 1.10. The Morgan fingerprint density at radius 1 is 1.36 bits per heavy atom. The third-order valence-corrected chi connectivity index (χ3v) is 3.77. The van der Waals surface area contributed by atoms with Gasteiger partial charge in [0.05, 0.1) is 6.26 Å². The highest BCUT2D eigenvalue weighted by Gasteiger charge is 2.15. The second-order valence-electron chi connectivity index (χ2n) is 3.59. The minimum absolute atomic E-state index is 0.369. The zero-order chi connectivity index (χ0) is 11.2. The first kappa shape index (κ1) is 14.4. The van der Waals surface area contributed by atoms with Gasteiger partial charge in [-0.1, -0.05) is 36.2 Å². The van der Waals surface area contributed by atoms with Crippen molar-refractivity contribution in [3.63, 3.8) is 0 Å². The lowest BCUT2D eigenvalue weighted by atomic mass is 10.3. The van der Waals surface area contributed by atoms with Gasteiger partial charge in [-0.25, -0.2) is 12.7 Å². The Labute approximate surface area is 96.0 Å². The summed E-state index contributed by atoms with van der Waals surface area (Å²) >= 11 is 3.42. The highest BCUT2D eigenvalue weighted by molar-refractivity contribution is 9.09. The van der Waals surface area contributed by atoms with Crippen molar-refractivity contribution in [2.45, 2.75) is 37.9 Å². The van der Waals surface area contributed by atoms with Gasteiger partial charge in [0.1, 0.15) is 0 Å². The van der Waals surface area contributed by atoms with E-state index < -0.39 is 10.0 Å². The van der Waals surface area contributed by atoms with Crippen LogP contribution in [0.25, 0.3) is 0 Å². The van der Waals surface area contributed by atoms with E-state index in [1.165, 1.54) is 6.26 Å². The van der Waals surface area contributed by atoms with E-state index in [1.807, 2.05) is 6.92 Å². The highest BCUT2D eigenvalue weighted by Crippen LogP contribution is 2.08. The largest absolute Gasteiger partial charge is 0.213 e. The molecule has 0 amide bonds. The molecule has 0 saturated carbocycles. The van der Waals surface area contributed by atoms with E-state index in [9.17, 15) is 8.42 Å². The van der Waals surface area contributed by atoms with Gasteiger partial charge in [-0.15, -0.1) is 0 Å². The molecule has 0 heterocycles. The molecule has 0 bridgehead atoms. The summed E-state index contributed by atoms with van der Waals surface area (Å²) in [5.74, 6) is 0. The van der Waals surface area contributed by atoms with Crippen molar-refractivity contribution >= 4 is 26.0 Å². The van der Waals surface area contributed by atoms with Crippen molar-refractivity contribution in [2.24, 2.45) is 0 Å². The fraction of sp³-hybridized carbons (Fsp3) is 1.00. The molecule has 0 aliphatic carbocycles.